The van der Waals surface area contributed by atoms with E-state index in [4.69, 9.17) is 0 Å². The van der Waals surface area contributed by atoms with Crippen LogP contribution in [0.3, 0.4) is 0 Å². The normalized spacial score (nSPS) is 11.4. The van der Waals surface area contributed by atoms with Crippen molar-refractivity contribution in [2.45, 2.75) is 37.8 Å². The molecule has 3 aromatic rings. The molecule has 0 bridgehead atoms. The Kier molecular flexibility index (Phi) is 6.19. The minimum absolute atomic E-state index is 0.0348. The first-order chi connectivity index (χ1) is 13.3. The summed E-state index contributed by atoms with van der Waals surface area (Å²) in [6.07, 6.45) is 0.718. The summed E-state index contributed by atoms with van der Waals surface area (Å²) in [5, 5.41) is 12.3. The number of benzene rings is 2. The molecule has 1 amide bonds. The van der Waals surface area contributed by atoms with Gasteiger partial charge in [0.05, 0.1) is 5.75 Å². The number of nitrogens with one attached hydrogen (secondary N) is 1. The zero-order valence-corrected chi connectivity index (χ0v) is 17.6. The molecule has 0 radical (unpaired) electrons. The number of hydrogen-bond acceptors (Lipinski definition) is 4. The van der Waals surface area contributed by atoms with Gasteiger partial charge in [0.25, 0.3) is 0 Å². The van der Waals surface area contributed by atoms with Crippen LogP contribution in [0.15, 0.2) is 59.8 Å². The van der Waals surface area contributed by atoms with Crippen LogP contribution in [0.25, 0.3) is 0 Å². The van der Waals surface area contributed by atoms with Gasteiger partial charge >= 0.3 is 0 Å². The van der Waals surface area contributed by atoms with E-state index in [0.717, 1.165) is 28.7 Å². The minimum atomic E-state index is -0.0469. The smallest absolute Gasteiger partial charge is 0.234 e. The molecule has 146 valence electrons. The van der Waals surface area contributed by atoms with E-state index in [0.29, 0.717) is 0 Å². The Labute approximate surface area is 170 Å². The number of para-hydroxylation sites is 1. The number of rotatable bonds is 6. The van der Waals surface area contributed by atoms with Crippen molar-refractivity contribution in [3.8, 4) is 0 Å². The Morgan fingerprint density at radius 1 is 1.04 bits per heavy atom. The summed E-state index contributed by atoms with van der Waals surface area (Å²) in [6, 6.07) is 18.1. The summed E-state index contributed by atoms with van der Waals surface area (Å²) in [4.78, 5) is 12.5. The average Bonchev–Trinajstić information content (AvgIpc) is 3.00. The third-order valence-electron chi connectivity index (χ3n) is 4.47. The minimum Gasteiger partial charge on any atom is -0.325 e. The summed E-state index contributed by atoms with van der Waals surface area (Å²) in [5.41, 5.74) is 3.14. The highest BCUT2D eigenvalue weighted by molar-refractivity contribution is 7.99. The molecular formula is C22H26N4OS. The number of thioether (sulfide) groups is 1. The summed E-state index contributed by atoms with van der Waals surface area (Å²) >= 11 is 1.40. The van der Waals surface area contributed by atoms with E-state index in [9.17, 15) is 4.79 Å². The van der Waals surface area contributed by atoms with Gasteiger partial charge in [-0.15, -0.1) is 10.2 Å². The molecule has 2 aromatic carbocycles. The molecule has 5 nitrogen and oxygen atoms in total. The van der Waals surface area contributed by atoms with Crippen molar-refractivity contribution in [3.05, 3.63) is 71.5 Å². The Balaban J connectivity index is 1.62. The van der Waals surface area contributed by atoms with Crippen LogP contribution in [-0.4, -0.2) is 26.4 Å². The van der Waals surface area contributed by atoms with Gasteiger partial charge in [0.2, 0.25) is 5.91 Å². The maximum Gasteiger partial charge on any atom is 0.234 e. The zero-order chi connectivity index (χ0) is 20.1. The van der Waals surface area contributed by atoms with E-state index in [1.165, 1.54) is 17.3 Å². The van der Waals surface area contributed by atoms with Crippen molar-refractivity contribution < 1.29 is 4.79 Å². The van der Waals surface area contributed by atoms with Gasteiger partial charge in [-0.25, -0.2) is 0 Å². The molecule has 6 heteroatoms. The molecule has 0 fully saturated rings. The standard InChI is InChI=1S/C22H26N4OS/c1-22(2,3)17-12-8-9-13-18(17)23-20(27)15-28-21-25-24-19(26(21)4)14-16-10-6-5-7-11-16/h5-13H,14-15H2,1-4H3,(H,23,27). The molecule has 0 saturated heterocycles. The quantitative estimate of drug-likeness (QED) is 0.628. The van der Waals surface area contributed by atoms with Gasteiger partial charge in [-0.3, -0.25) is 4.79 Å². The van der Waals surface area contributed by atoms with E-state index < -0.39 is 0 Å². The number of aromatic nitrogens is 3. The average molecular weight is 395 g/mol. The van der Waals surface area contributed by atoms with E-state index in [1.54, 1.807) is 0 Å². The number of nitrogens with zero attached hydrogens (tertiary/aromatic N) is 3. The van der Waals surface area contributed by atoms with Crippen LogP contribution in [0.5, 0.6) is 0 Å². The fraction of sp³-hybridized carbons (Fsp3) is 0.318. The molecule has 1 heterocycles. The van der Waals surface area contributed by atoms with Gasteiger partial charge in [-0.2, -0.15) is 0 Å². The van der Waals surface area contributed by atoms with Gasteiger partial charge in [-0.1, -0.05) is 81.1 Å². The largest absolute Gasteiger partial charge is 0.325 e. The number of hydrogen-bond donors (Lipinski definition) is 1. The second kappa shape index (κ2) is 8.61. The highest BCUT2D eigenvalue weighted by Crippen LogP contribution is 2.29. The SMILES string of the molecule is Cn1c(Cc2ccccc2)nnc1SCC(=O)Nc1ccccc1C(C)(C)C. The second-order valence-corrected chi connectivity index (χ2v) is 8.70. The third kappa shape index (κ3) is 5.01. The van der Waals surface area contributed by atoms with Crippen LogP contribution in [0, 0.1) is 0 Å². The topological polar surface area (TPSA) is 59.8 Å². The summed E-state index contributed by atoms with van der Waals surface area (Å²) < 4.78 is 1.95. The Bertz CT molecular complexity index is 945. The number of amides is 1. The molecule has 0 unspecified atom stereocenters. The monoisotopic (exact) mass is 394 g/mol. The van der Waals surface area contributed by atoms with Crippen LogP contribution in [-0.2, 0) is 23.7 Å². The summed E-state index contributed by atoms with van der Waals surface area (Å²) in [5.74, 6) is 1.12. The van der Waals surface area contributed by atoms with Crippen molar-refractivity contribution in [2.75, 3.05) is 11.1 Å². The molecule has 0 atom stereocenters. The van der Waals surface area contributed by atoms with E-state index in [1.807, 2.05) is 48.0 Å². The van der Waals surface area contributed by atoms with Gasteiger partial charge in [0.15, 0.2) is 5.16 Å². The van der Waals surface area contributed by atoms with E-state index >= 15 is 0 Å². The second-order valence-electron chi connectivity index (χ2n) is 7.75. The van der Waals surface area contributed by atoms with E-state index in [2.05, 4.69) is 54.5 Å². The Morgan fingerprint density at radius 3 is 2.43 bits per heavy atom. The molecule has 0 saturated carbocycles. The molecule has 0 aliphatic carbocycles. The summed E-state index contributed by atoms with van der Waals surface area (Å²) in [7, 11) is 1.94. The van der Waals surface area contributed by atoms with Crippen molar-refractivity contribution in [2.24, 2.45) is 7.05 Å². The van der Waals surface area contributed by atoms with Gasteiger partial charge in [0, 0.05) is 19.2 Å². The number of carbonyl (C=O) groups excluding carboxylic acids is 1. The highest BCUT2D eigenvalue weighted by atomic mass is 32.2. The van der Waals surface area contributed by atoms with Gasteiger partial charge in [0.1, 0.15) is 5.82 Å². The van der Waals surface area contributed by atoms with Crippen LogP contribution in [0.2, 0.25) is 0 Å². The predicted octanol–water partition coefficient (Wildman–Crippen LogP) is 4.43. The molecule has 0 aliphatic rings. The molecule has 28 heavy (non-hydrogen) atoms. The van der Waals surface area contributed by atoms with Crippen molar-refractivity contribution in [1.82, 2.24) is 14.8 Å². The molecule has 0 aliphatic heterocycles. The fourth-order valence-corrected chi connectivity index (χ4v) is 3.70. The fourth-order valence-electron chi connectivity index (χ4n) is 2.97. The van der Waals surface area contributed by atoms with E-state index in [-0.39, 0.29) is 17.1 Å². The highest BCUT2D eigenvalue weighted by Gasteiger charge is 2.19. The van der Waals surface area contributed by atoms with Crippen LogP contribution < -0.4 is 5.32 Å². The first-order valence-corrected chi connectivity index (χ1v) is 10.3. The van der Waals surface area contributed by atoms with Crippen LogP contribution in [0.1, 0.15) is 37.7 Å². The van der Waals surface area contributed by atoms with Crippen molar-refractivity contribution in [3.63, 3.8) is 0 Å². The number of anilines is 1. The predicted molar refractivity (Wildman–Crippen MR) is 115 cm³/mol. The molecule has 0 spiro atoms. The zero-order valence-electron chi connectivity index (χ0n) is 16.8. The molecule has 3 rings (SSSR count). The first-order valence-electron chi connectivity index (χ1n) is 9.29. The van der Waals surface area contributed by atoms with Crippen molar-refractivity contribution >= 4 is 23.4 Å². The number of carbonyl (C=O) groups is 1. The molecule has 1 N–H and O–H groups in total. The lowest BCUT2D eigenvalue weighted by molar-refractivity contribution is -0.113. The lowest BCUT2D eigenvalue weighted by Gasteiger charge is -2.22. The molecular weight excluding hydrogens is 368 g/mol. The summed E-state index contributed by atoms with van der Waals surface area (Å²) in [6.45, 7) is 6.42. The third-order valence-corrected chi connectivity index (χ3v) is 5.49. The van der Waals surface area contributed by atoms with Crippen molar-refractivity contribution in [1.29, 1.82) is 0 Å². The van der Waals surface area contributed by atoms with Gasteiger partial charge in [-0.05, 0) is 22.6 Å². The molecule has 1 aromatic heterocycles. The maximum absolute atomic E-state index is 12.5. The Morgan fingerprint density at radius 2 is 1.71 bits per heavy atom. The van der Waals surface area contributed by atoms with Crippen LogP contribution >= 0.6 is 11.8 Å². The lowest BCUT2D eigenvalue weighted by atomic mass is 9.86. The van der Waals surface area contributed by atoms with Crippen LogP contribution in [0.4, 0.5) is 5.69 Å². The maximum atomic E-state index is 12.5. The lowest BCUT2D eigenvalue weighted by Crippen LogP contribution is -2.20. The Hall–Kier alpha value is -2.60. The first kappa shape index (κ1) is 20.1. The van der Waals surface area contributed by atoms with Gasteiger partial charge < -0.3 is 9.88 Å².